The maximum Gasteiger partial charge on any atom is 0.343 e. The van der Waals surface area contributed by atoms with Gasteiger partial charge in [-0.1, -0.05) is 82.0 Å². The van der Waals surface area contributed by atoms with E-state index in [0.717, 1.165) is 18.9 Å². The smallest absolute Gasteiger partial charge is 0.343 e. The molecule has 4 unspecified atom stereocenters. The standard InChI is InChI=1S/C39H44F2N2O7/c1-3-4-5-6-7-20-49-35-19-13-29(21-25(35)2)39(48)50-32-17-8-26(9-18-32)22-34(38(46)47)43-37(45)27-11-15-31(16-12-27)42-36(44)23-28-10-14-30(40)24-33(28)41/h8-19,21,24-25,34-35,37,43,45H,3-7,20,22-23H2,1-2H3,(H,42,44)(H,46,47). The lowest BCUT2D eigenvalue weighted by Gasteiger charge is -2.23. The van der Waals surface area contributed by atoms with Crippen molar-refractivity contribution in [1.82, 2.24) is 5.32 Å². The number of carboxylic acid groups (broad SMARTS) is 1. The molecule has 9 nitrogen and oxygen atoms in total. The van der Waals surface area contributed by atoms with E-state index in [9.17, 15) is 33.4 Å². The van der Waals surface area contributed by atoms with Gasteiger partial charge in [-0.05, 0) is 65.9 Å². The zero-order chi connectivity index (χ0) is 36.0. The van der Waals surface area contributed by atoms with Crippen molar-refractivity contribution >= 4 is 23.5 Å². The van der Waals surface area contributed by atoms with E-state index < -0.39 is 41.7 Å². The number of anilines is 1. The highest BCUT2D eigenvalue weighted by Crippen LogP contribution is 2.23. The van der Waals surface area contributed by atoms with Crippen LogP contribution in [0.3, 0.4) is 0 Å². The Balaban J connectivity index is 1.24. The molecule has 0 bridgehead atoms. The first kappa shape index (κ1) is 38.1. The van der Waals surface area contributed by atoms with Crippen molar-refractivity contribution in [3.63, 3.8) is 0 Å². The largest absolute Gasteiger partial charge is 0.480 e. The lowest BCUT2D eigenvalue weighted by molar-refractivity contribution is -0.140. The number of aliphatic hydroxyl groups excluding tert-OH is 1. The number of hydrogen-bond donors (Lipinski definition) is 4. The van der Waals surface area contributed by atoms with Crippen LogP contribution in [-0.4, -0.2) is 46.8 Å². The van der Waals surface area contributed by atoms with Gasteiger partial charge in [0.15, 0.2) is 0 Å². The number of halogens is 2. The van der Waals surface area contributed by atoms with E-state index in [1.54, 1.807) is 30.3 Å². The number of carbonyl (C=O) groups excluding carboxylic acids is 2. The molecule has 3 aromatic carbocycles. The molecule has 0 saturated carbocycles. The van der Waals surface area contributed by atoms with Crippen LogP contribution in [0.4, 0.5) is 14.5 Å². The van der Waals surface area contributed by atoms with Gasteiger partial charge in [-0.25, -0.2) is 13.6 Å². The van der Waals surface area contributed by atoms with Crippen molar-refractivity contribution in [3.05, 3.63) is 119 Å². The van der Waals surface area contributed by atoms with Crippen LogP contribution < -0.4 is 15.4 Å². The summed E-state index contributed by atoms with van der Waals surface area (Å²) < 4.78 is 38.5. The van der Waals surface area contributed by atoms with Crippen LogP contribution in [0.25, 0.3) is 0 Å². The molecule has 0 spiro atoms. The minimum Gasteiger partial charge on any atom is -0.480 e. The molecule has 0 fully saturated rings. The second-order valence-electron chi connectivity index (χ2n) is 12.4. The molecule has 11 heteroatoms. The number of nitrogens with one attached hydrogen (secondary N) is 2. The van der Waals surface area contributed by atoms with Crippen LogP contribution in [0.2, 0.25) is 0 Å². The normalized spacial score (nSPS) is 16.7. The van der Waals surface area contributed by atoms with E-state index in [4.69, 9.17) is 9.47 Å². The first-order valence-electron chi connectivity index (χ1n) is 16.9. The summed E-state index contributed by atoms with van der Waals surface area (Å²) in [6, 6.07) is 14.3. The Bertz CT molecular complexity index is 1660. The number of unbranched alkanes of at least 4 members (excludes halogenated alkanes) is 4. The summed E-state index contributed by atoms with van der Waals surface area (Å²) in [5.41, 5.74) is 1.83. The highest BCUT2D eigenvalue weighted by Gasteiger charge is 2.23. The van der Waals surface area contributed by atoms with Gasteiger partial charge >= 0.3 is 11.9 Å². The van der Waals surface area contributed by atoms with Gasteiger partial charge in [-0.2, -0.15) is 0 Å². The molecule has 4 atom stereocenters. The fourth-order valence-electron chi connectivity index (χ4n) is 5.47. The van der Waals surface area contributed by atoms with Crippen LogP contribution in [0.1, 0.15) is 68.9 Å². The molecule has 0 radical (unpaired) electrons. The zero-order valence-electron chi connectivity index (χ0n) is 28.2. The van der Waals surface area contributed by atoms with Crippen LogP contribution in [-0.2, 0) is 32.0 Å². The maximum atomic E-state index is 13.9. The van der Waals surface area contributed by atoms with Crippen LogP contribution >= 0.6 is 0 Å². The molecule has 0 aliphatic heterocycles. The lowest BCUT2D eigenvalue weighted by Crippen LogP contribution is -2.40. The van der Waals surface area contributed by atoms with Gasteiger partial charge in [0.25, 0.3) is 0 Å². The average Bonchev–Trinajstić information content (AvgIpc) is 3.08. The van der Waals surface area contributed by atoms with E-state index in [2.05, 4.69) is 17.6 Å². The average molecular weight is 691 g/mol. The minimum atomic E-state index is -1.34. The van der Waals surface area contributed by atoms with Gasteiger partial charge in [0, 0.05) is 24.3 Å². The van der Waals surface area contributed by atoms with Crippen molar-refractivity contribution < 1.29 is 42.9 Å². The van der Waals surface area contributed by atoms with Gasteiger partial charge in [-0.15, -0.1) is 0 Å². The predicted molar refractivity (Wildman–Crippen MR) is 185 cm³/mol. The third-order valence-electron chi connectivity index (χ3n) is 8.33. The molecule has 0 saturated heterocycles. The number of aliphatic carboxylic acids is 1. The quantitative estimate of drug-likeness (QED) is 0.0495. The van der Waals surface area contributed by atoms with Gasteiger partial charge in [0.05, 0.1) is 18.1 Å². The Labute approximate surface area is 291 Å². The van der Waals surface area contributed by atoms with Crippen LogP contribution in [0.5, 0.6) is 5.75 Å². The maximum absolute atomic E-state index is 13.9. The lowest BCUT2D eigenvalue weighted by atomic mass is 9.95. The molecular weight excluding hydrogens is 646 g/mol. The van der Waals surface area contributed by atoms with Gasteiger partial charge < -0.3 is 25.0 Å². The molecule has 4 N–H and O–H groups in total. The molecular formula is C39H44F2N2O7. The van der Waals surface area contributed by atoms with E-state index >= 15 is 0 Å². The summed E-state index contributed by atoms with van der Waals surface area (Å²) in [5, 5.41) is 25.8. The molecule has 50 heavy (non-hydrogen) atoms. The van der Waals surface area contributed by atoms with Crippen molar-refractivity contribution in [2.24, 2.45) is 5.92 Å². The second kappa shape index (κ2) is 18.9. The summed E-state index contributed by atoms with van der Waals surface area (Å²) in [5.74, 6) is -3.44. The number of carbonyl (C=O) groups is 3. The summed E-state index contributed by atoms with van der Waals surface area (Å²) >= 11 is 0. The summed E-state index contributed by atoms with van der Waals surface area (Å²) in [7, 11) is 0. The van der Waals surface area contributed by atoms with Crippen LogP contribution in [0, 0.1) is 17.6 Å². The monoisotopic (exact) mass is 690 g/mol. The first-order chi connectivity index (χ1) is 24.0. The summed E-state index contributed by atoms with van der Waals surface area (Å²) in [6.45, 7) is 4.86. The fourth-order valence-corrected chi connectivity index (χ4v) is 5.47. The SMILES string of the molecule is CCCCCCCOC1C=CC(C(=O)Oc2ccc(CC(NC(O)c3ccc(NC(=O)Cc4ccc(F)cc4F)cc3)C(=O)O)cc2)=CC1C. The minimum absolute atomic E-state index is 0.0151. The Hall–Kier alpha value is -4.71. The van der Waals surface area contributed by atoms with Crippen LogP contribution in [0.15, 0.2) is 90.5 Å². The second-order valence-corrected chi connectivity index (χ2v) is 12.4. The van der Waals surface area contributed by atoms with Crippen molar-refractivity contribution in [2.75, 3.05) is 11.9 Å². The number of aliphatic hydroxyl groups is 1. The van der Waals surface area contributed by atoms with Gasteiger partial charge in [0.2, 0.25) is 5.91 Å². The molecule has 3 aromatic rings. The molecule has 4 rings (SSSR count). The third kappa shape index (κ3) is 11.7. The van der Waals surface area contributed by atoms with E-state index in [0.29, 0.717) is 40.8 Å². The number of rotatable bonds is 18. The summed E-state index contributed by atoms with van der Waals surface area (Å²) in [4.78, 5) is 37.2. The Kier molecular flexibility index (Phi) is 14.4. The molecule has 0 heterocycles. The van der Waals surface area contributed by atoms with E-state index in [1.807, 2.05) is 19.1 Å². The third-order valence-corrected chi connectivity index (χ3v) is 8.33. The highest BCUT2D eigenvalue weighted by molar-refractivity contribution is 5.93. The number of amides is 1. The predicted octanol–water partition coefficient (Wildman–Crippen LogP) is 6.82. The Morgan fingerprint density at radius 2 is 1.66 bits per heavy atom. The highest BCUT2D eigenvalue weighted by atomic mass is 19.1. The van der Waals surface area contributed by atoms with Crippen molar-refractivity contribution in [3.8, 4) is 5.75 Å². The molecule has 1 amide bonds. The molecule has 0 aromatic heterocycles. The molecule has 1 aliphatic rings. The zero-order valence-corrected chi connectivity index (χ0v) is 28.2. The van der Waals surface area contributed by atoms with Gasteiger partial charge in [0.1, 0.15) is 29.7 Å². The topological polar surface area (TPSA) is 134 Å². The Morgan fingerprint density at radius 3 is 2.32 bits per heavy atom. The number of hydrogen-bond acceptors (Lipinski definition) is 7. The van der Waals surface area contributed by atoms with E-state index in [1.165, 1.54) is 49.6 Å². The van der Waals surface area contributed by atoms with Crippen molar-refractivity contribution in [2.45, 2.75) is 77.2 Å². The van der Waals surface area contributed by atoms with E-state index in [-0.39, 0.29) is 30.4 Å². The fraction of sp³-hybridized carbons (Fsp3) is 0.359. The molecule has 266 valence electrons. The molecule has 1 aliphatic carbocycles. The van der Waals surface area contributed by atoms with Gasteiger partial charge in [-0.3, -0.25) is 14.9 Å². The summed E-state index contributed by atoms with van der Waals surface area (Å²) in [6.07, 6.45) is 9.54. The van der Waals surface area contributed by atoms with Crippen molar-refractivity contribution in [1.29, 1.82) is 0 Å². The first-order valence-corrected chi connectivity index (χ1v) is 16.9. The Morgan fingerprint density at radius 1 is 0.940 bits per heavy atom. The number of esters is 1. The number of ether oxygens (including phenoxy) is 2. The number of carboxylic acids is 1. The number of benzene rings is 3.